The minimum absolute atomic E-state index is 0.0405. The third kappa shape index (κ3) is 3.94. The monoisotopic (exact) mass is 291 g/mol. The number of hydrogen-bond acceptors (Lipinski definition) is 3. The summed E-state index contributed by atoms with van der Waals surface area (Å²) in [5, 5.41) is 3.34. The lowest BCUT2D eigenvalue weighted by atomic mass is 9.96. The van der Waals surface area contributed by atoms with Crippen LogP contribution in [0.3, 0.4) is 0 Å². The van der Waals surface area contributed by atoms with E-state index < -0.39 is 0 Å². The van der Waals surface area contributed by atoms with Crippen molar-refractivity contribution in [3.8, 4) is 0 Å². The first-order valence-electron chi connectivity index (χ1n) is 7.67. The summed E-state index contributed by atoms with van der Waals surface area (Å²) >= 11 is 0. The van der Waals surface area contributed by atoms with Gasteiger partial charge in [-0.25, -0.2) is 0 Å². The molecule has 1 aliphatic rings. The van der Waals surface area contributed by atoms with E-state index in [1.807, 2.05) is 18.7 Å². The van der Waals surface area contributed by atoms with Crippen LogP contribution in [0.2, 0.25) is 0 Å². The van der Waals surface area contributed by atoms with Crippen LogP contribution >= 0.6 is 0 Å². The van der Waals surface area contributed by atoms with Gasteiger partial charge in [0, 0.05) is 37.5 Å². The molecule has 1 fully saturated rings. The molecule has 21 heavy (non-hydrogen) atoms. The lowest BCUT2D eigenvalue weighted by Crippen LogP contribution is -2.43. The largest absolute Gasteiger partial charge is 0.336 e. The van der Waals surface area contributed by atoms with Gasteiger partial charge in [0.15, 0.2) is 0 Å². The van der Waals surface area contributed by atoms with Gasteiger partial charge in [0.05, 0.1) is 0 Å². The first-order chi connectivity index (χ1) is 9.99. The molecular weight excluding hydrogens is 266 g/mol. The molecule has 0 saturated carbocycles. The SMILES string of the molecule is CC(C)N(CC1CCNCC1)C(=O)c1ccn(C)c(=O)c1. The Hall–Kier alpha value is -1.62. The topological polar surface area (TPSA) is 54.3 Å². The Morgan fingerprint density at radius 1 is 1.43 bits per heavy atom. The summed E-state index contributed by atoms with van der Waals surface area (Å²) in [6.07, 6.45) is 3.86. The van der Waals surface area contributed by atoms with Crippen molar-refractivity contribution in [1.82, 2.24) is 14.8 Å². The maximum absolute atomic E-state index is 12.7. The van der Waals surface area contributed by atoms with E-state index in [4.69, 9.17) is 0 Å². The number of piperidine rings is 1. The van der Waals surface area contributed by atoms with Crippen LogP contribution in [0.15, 0.2) is 23.1 Å². The third-order valence-corrected chi connectivity index (χ3v) is 4.15. The summed E-state index contributed by atoms with van der Waals surface area (Å²) in [5.41, 5.74) is 0.340. The highest BCUT2D eigenvalue weighted by molar-refractivity contribution is 5.94. The van der Waals surface area contributed by atoms with Crippen LogP contribution in [0.5, 0.6) is 0 Å². The maximum Gasteiger partial charge on any atom is 0.254 e. The van der Waals surface area contributed by atoms with Gasteiger partial charge in [0.1, 0.15) is 0 Å². The van der Waals surface area contributed by atoms with Crippen LogP contribution in [0, 0.1) is 5.92 Å². The van der Waals surface area contributed by atoms with Crippen LogP contribution in [0.4, 0.5) is 0 Å². The molecule has 2 rings (SSSR count). The molecule has 0 bridgehead atoms. The van der Waals surface area contributed by atoms with Gasteiger partial charge in [-0.1, -0.05) is 0 Å². The van der Waals surface area contributed by atoms with Crippen LogP contribution in [0.1, 0.15) is 37.0 Å². The molecular formula is C16H25N3O2. The van der Waals surface area contributed by atoms with E-state index in [1.165, 1.54) is 10.6 Å². The quantitative estimate of drug-likeness (QED) is 0.908. The predicted octanol–water partition coefficient (Wildman–Crippen LogP) is 1.24. The number of rotatable bonds is 4. The Morgan fingerprint density at radius 3 is 2.67 bits per heavy atom. The molecule has 1 N–H and O–H groups in total. The van der Waals surface area contributed by atoms with E-state index in [-0.39, 0.29) is 17.5 Å². The van der Waals surface area contributed by atoms with E-state index in [1.54, 1.807) is 19.3 Å². The molecule has 5 heteroatoms. The van der Waals surface area contributed by atoms with Crippen molar-refractivity contribution in [1.29, 1.82) is 0 Å². The molecule has 0 spiro atoms. The average Bonchev–Trinajstić information content (AvgIpc) is 2.47. The number of aromatic nitrogens is 1. The van der Waals surface area contributed by atoms with E-state index >= 15 is 0 Å². The molecule has 1 aromatic heterocycles. The molecule has 5 nitrogen and oxygen atoms in total. The molecule has 1 aromatic rings. The molecule has 2 heterocycles. The Morgan fingerprint density at radius 2 is 2.10 bits per heavy atom. The molecule has 0 atom stereocenters. The summed E-state index contributed by atoms with van der Waals surface area (Å²) in [4.78, 5) is 26.3. The lowest BCUT2D eigenvalue weighted by Gasteiger charge is -2.33. The average molecular weight is 291 g/mol. The summed E-state index contributed by atoms with van der Waals surface area (Å²) in [6.45, 7) is 6.88. The van der Waals surface area contributed by atoms with E-state index in [9.17, 15) is 9.59 Å². The van der Waals surface area contributed by atoms with Gasteiger partial charge < -0.3 is 14.8 Å². The van der Waals surface area contributed by atoms with Crippen molar-refractivity contribution < 1.29 is 4.79 Å². The standard InChI is InChI=1S/C16H25N3O2/c1-12(2)19(11-13-4-7-17-8-5-13)16(21)14-6-9-18(3)15(20)10-14/h6,9-10,12-13,17H,4-5,7-8,11H2,1-3H3. The van der Waals surface area contributed by atoms with E-state index in [0.717, 1.165) is 32.5 Å². The van der Waals surface area contributed by atoms with Crippen LogP contribution < -0.4 is 10.9 Å². The zero-order valence-corrected chi connectivity index (χ0v) is 13.1. The summed E-state index contributed by atoms with van der Waals surface area (Å²) in [6, 6.07) is 3.29. The van der Waals surface area contributed by atoms with Crippen molar-refractivity contribution in [2.24, 2.45) is 13.0 Å². The summed E-state index contributed by atoms with van der Waals surface area (Å²) in [7, 11) is 1.69. The van der Waals surface area contributed by atoms with E-state index in [2.05, 4.69) is 5.32 Å². The molecule has 0 radical (unpaired) electrons. The molecule has 0 aromatic carbocycles. The van der Waals surface area contributed by atoms with Crippen molar-refractivity contribution in [2.75, 3.05) is 19.6 Å². The van der Waals surface area contributed by atoms with Gasteiger partial charge in [-0.05, 0) is 51.8 Å². The van der Waals surface area contributed by atoms with Crippen molar-refractivity contribution in [3.63, 3.8) is 0 Å². The van der Waals surface area contributed by atoms with Crippen molar-refractivity contribution in [3.05, 3.63) is 34.2 Å². The summed E-state index contributed by atoms with van der Waals surface area (Å²) in [5.74, 6) is 0.505. The fraction of sp³-hybridized carbons (Fsp3) is 0.625. The Labute approximate surface area is 126 Å². The highest BCUT2D eigenvalue weighted by Crippen LogP contribution is 2.17. The first kappa shape index (κ1) is 15.8. The van der Waals surface area contributed by atoms with E-state index in [0.29, 0.717) is 11.5 Å². The number of hydrogen-bond donors (Lipinski definition) is 1. The lowest BCUT2D eigenvalue weighted by molar-refractivity contribution is 0.0657. The fourth-order valence-electron chi connectivity index (χ4n) is 2.72. The molecule has 116 valence electrons. The molecule has 1 aliphatic heterocycles. The minimum Gasteiger partial charge on any atom is -0.336 e. The summed E-state index contributed by atoms with van der Waals surface area (Å²) < 4.78 is 1.48. The van der Waals surface area contributed by atoms with Crippen molar-refractivity contribution in [2.45, 2.75) is 32.7 Å². The maximum atomic E-state index is 12.7. The molecule has 0 aliphatic carbocycles. The second-order valence-electron chi connectivity index (χ2n) is 6.11. The Kier molecular flexibility index (Phi) is 5.17. The van der Waals surface area contributed by atoms with Gasteiger partial charge in [-0.2, -0.15) is 0 Å². The number of nitrogens with one attached hydrogen (secondary N) is 1. The Bertz CT molecular complexity index is 545. The number of aryl methyl sites for hydroxylation is 1. The zero-order valence-electron chi connectivity index (χ0n) is 13.1. The first-order valence-corrected chi connectivity index (χ1v) is 7.67. The molecule has 1 saturated heterocycles. The highest BCUT2D eigenvalue weighted by atomic mass is 16.2. The van der Waals surface area contributed by atoms with Crippen LogP contribution in [-0.2, 0) is 7.05 Å². The Balaban J connectivity index is 2.14. The van der Waals surface area contributed by atoms with Gasteiger partial charge >= 0.3 is 0 Å². The molecule has 0 unspecified atom stereocenters. The minimum atomic E-state index is -0.147. The third-order valence-electron chi connectivity index (χ3n) is 4.15. The second kappa shape index (κ2) is 6.89. The number of nitrogens with zero attached hydrogens (tertiary/aromatic N) is 2. The number of pyridine rings is 1. The zero-order chi connectivity index (χ0) is 15.4. The number of carbonyl (C=O) groups is 1. The number of amides is 1. The second-order valence-corrected chi connectivity index (χ2v) is 6.11. The number of carbonyl (C=O) groups excluding carboxylic acids is 1. The van der Waals surface area contributed by atoms with Gasteiger partial charge in [0.2, 0.25) is 0 Å². The van der Waals surface area contributed by atoms with Crippen LogP contribution in [-0.4, -0.2) is 41.1 Å². The van der Waals surface area contributed by atoms with Gasteiger partial charge in [-0.15, -0.1) is 0 Å². The van der Waals surface area contributed by atoms with Crippen molar-refractivity contribution >= 4 is 5.91 Å². The van der Waals surface area contributed by atoms with Gasteiger partial charge in [-0.3, -0.25) is 9.59 Å². The van der Waals surface area contributed by atoms with Crippen LogP contribution in [0.25, 0.3) is 0 Å². The smallest absolute Gasteiger partial charge is 0.254 e. The molecule has 1 amide bonds. The normalized spacial score (nSPS) is 16.2. The predicted molar refractivity (Wildman–Crippen MR) is 83.4 cm³/mol. The highest BCUT2D eigenvalue weighted by Gasteiger charge is 2.24. The van der Waals surface area contributed by atoms with Gasteiger partial charge in [0.25, 0.3) is 11.5 Å². The fourth-order valence-corrected chi connectivity index (χ4v) is 2.72.